The van der Waals surface area contributed by atoms with E-state index in [4.69, 9.17) is 5.11 Å². The van der Waals surface area contributed by atoms with Crippen LogP contribution in [0.25, 0.3) is 0 Å². The molecule has 5 nitrogen and oxygen atoms in total. The Labute approximate surface area is 140 Å². The lowest BCUT2D eigenvalue weighted by atomic mass is 9.91. The van der Waals surface area contributed by atoms with Crippen molar-refractivity contribution in [2.45, 2.75) is 58.0 Å². The maximum absolute atomic E-state index is 12.1. The van der Waals surface area contributed by atoms with Crippen LogP contribution in [0.5, 0.6) is 0 Å². The minimum Gasteiger partial charge on any atom is -0.396 e. The highest BCUT2D eigenvalue weighted by molar-refractivity contribution is 5.74. The SMILES string of the molecule is CCC1CCCN(C(C)(C)CNC(=O)N[C@@H]2C=C[C@H](CO)C2)C1. The molecule has 0 bridgehead atoms. The van der Waals surface area contributed by atoms with E-state index in [1.165, 1.54) is 19.3 Å². The number of aliphatic hydroxyl groups is 1. The first-order valence-corrected chi connectivity index (χ1v) is 9.03. The molecule has 0 aromatic rings. The third kappa shape index (κ3) is 5.21. The minimum absolute atomic E-state index is 0.0235. The van der Waals surface area contributed by atoms with E-state index in [1.807, 2.05) is 12.2 Å². The lowest BCUT2D eigenvalue weighted by molar-refractivity contribution is 0.0665. The number of carbonyl (C=O) groups is 1. The van der Waals surface area contributed by atoms with Gasteiger partial charge in [-0.25, -0.2) is 4.79 Å². The molecule has 0 aromatic carbocycles. The molecule has 1 aliphatic heterocycles. The Balaban J connectivity index is 1.75. The Morgan fingerprint density at radius 2 is 2.17 bits per heavy atom. The highest BCUT2D eigenvalue weighted by Gasteiger charge is 2.31. The molecular weight excluding hydrogens is 290 g/mol. The second kappa shape index (κ2) is 8.15. The molecule has 2 rings (SSSR count). The summed E-state index contributed by atoms with van der Waals surface area (Å²) in [7, 11) is 0. The summed E-state index contributed by atoms with van der Waals surface area (Å²) >= 11 is 0. The Morgan fingerprint density at radius 3 is 2.83 bits per heavy atom. The summed E-state index contributed by atoms with van der Waals surface area (Å²) in [6, 6.07) is -0.0786. The van der Waals surface area contributed by atoms with Gasteiger partial charge in [0.2, 0.25) is 0 Å². The Morgan fingerprint density at radius 1 is 1.39 bits per heavy atom. The van der Waals surface area contributed by atoms with Gasteiger partial charge in [0, 0.05) is 37.2 Å². The highest BCUT2D eigenvalue weighted by Crippen LogP contribution is 2.25. The summed E-state index contributed by atoms with van der Waals surface area (Å²) in [4.78, 5) is 14.6. The van der Waals surface area contributed by atoms with Gasteiger partial charge in [-0.3, -0.25) is 4.90 Å². The molecule has 0 radical (unpaired) electrons. The van der Waals surface area contributed by atoms with Crippen molar-refractivity contribution in [1.29, 1.82) is 0 Å². The van der Waals surface area contributed by atoms with Gasteiger partial charge in [0.15, 0.2) is 0 Å². The molecule has 3 atom stereocenters. The second-order valence-electron chi connectivity index (χ2n) is 7.67. The molecule has 1 unspecified atom stereocenters. The number of amides is 2. The highest BCUT2D eigenvalue weighted by atomic mass is 16.3. The van der Waals surface area contributed by atoms with E-state index in [9.17, 15) is 4.79 Å². The zero-order valence-electron chi connectivity index (χ0n) is 14.8. The van der Waals surface area contributed by atoms with E-state index in [1.54, 1.807) is 0 Å². The van der Waals surface area contributed by atoms with E-state index < -0.39 is 0 Å². The number of hydrogen-bond acceptors (Lipinski definition) is 3. The van der Waals surface area contributed by atoms with Crippen molar-refractivity contribution >= 4 is 6.03 Å². The number of piperidine rings is 1. The van der Waals surface area contributed by atoms with E-state index in [2.05, 4.69) is 36.3 Å². The summed E-state index contributed by atoms with van der Waals surface area (Å²) in [5, 5.41) is 15.1. The Kier molecular flexibility index (Phi) is 6.48. The summed E-state index contributed by atoms with van der Waals surface area (Å²) in [6.45, 7) is 9.74. The largest absolute Gasteiger partial charge is 0.396 e. The van der Waals surface area contributed by atoms with Crippen molar-refractivity contribution in [3.63, 3.8) is 0 Å². The predicted molar refractivity (Wildman–Crippen MR) is 93.3 cm³/mol. The summed E-state index contributed by atoms with van der Waals surface area (Å²) < 4.78 is 0. The Hall–Kier alpha value is -1.07. The van der Waals surface area contributed by atoms with Crippen molar-refractivity contribution in [2.75, 3.05) is 26.2 Å². The van der Waals surface area contributed by atoms with Crippen molar-refractivity contribution in [2.24, 2.45) is 11.8 Å². The first-order chi connectivity index (χ1) is 10.9. The van der Waals surface area contributed by atoms with Crippen LogP contribution in [0.1, 0.15) is 46.5 Å². The van der Waals surface area contributed by atoms with Gasteiger partial charge in [0.05, 0.1) is 0 Å². The van der Waals surface area contributed by atoms with Gasteiger partial charge < -0.3 is 15.7 Å². The number of urea groups is 1. The Bertz CT molecular complexity index is 422. The molecule has 0 aromatic heterocycles. The van der Waals surface area contributed by atoms with Gasteiger partial charge in [-0.05, 0) is 45.6 Å². The molecule has 1 saturated heterocycles. The zero-order chi connectivity index (χ0) is 16.9. The molecule has 0 saturated carbocycles. The van der Waals surface area contributed by atoms with Crippen LogP contribution in [-0.4, -0.2) is 53.9 Å². The molecule has 1 heterocycles. The molecule has 1 fully saturated rings. The molecule has 3 N–H and O–H groups in total. The van der Waals surface area contributed by atoms with Crippen LogP contribution in [0.3, 0.4) is 0 Å². The number of carbonyl (C=O) groups excluding carboxylic acids is 1. The fourth-order valence-corrected chi connectivity index (χ4v) is 3.59. The third-order valence-corrected chi connectivity index (χ3v) is 5.36. The third-order valence-electron chi connectivity index (χ3n) is 5.36. The van der Waals surface area contributed by atoms with Crippen LogP contribution < -0.4 is 10.6 Å². The first kappa shape index (κ1) is 18.3. The van der Waals surface area contributed by atoms with Crippen LogP contribution in [-0.2, 0) is 0 Å². The average molecular weight is 323 g/mol. The maximum atomic E-state index is 12.1. The molecule has 5 heteroatoms. The fraction of sp³-hybridized carbons (Fsp3) is 0.833. The average Bonchev–Trinajstić information content (AvgIpc) is 3.00. The molecule has 23 heavy (non-hydrogen) atoms. The number of rotatable bonds is 6. The molecule has 2 amide bonds. The van der Waals surface area contributed by atoms with E-state index >= 15 is 0 Å². The van der Waals surface area contributed by atoms with Gasteiger partial charge >= 0.3 is 6.03 Å². The van der Waals surface area contributed by atoms with Gasteiger partial charge in [0.25, 0.3) is 0 Å². The van der Waals surface area contributed by atoms with E-state index in [-0.39, 0.29) is 30.1 Å². The van der Waals surface area contributed by atoms with Gasteiger partial charge in [-0.2, -0.15) is 0 Å². The maximum Gasteiger partial charge on any atom is 0.315 e. The number of likely N-dealkylation sites (tertiary alicyclic amines) is 1. The molecule has 132 valence electrons. The van der Waals surface area contributed by atoms with Crippen molar-refractivity contribution in [1.82, 2.24) is 15.5 Å². The lowest BCUT2D eigenvalue weighted by Gasteiger charge is -2.43. The molecule has 2 aliphatic rings. The molecule has 1 aliphatic carbocycles. The smallest absolute Gasteiger partial charge is 0.315 e. The minimum atomic E-state index is -0.115. The number of nitrogens with zero attached hydrogens (tertiary/aromatic N) is 1. The van der Waals surface area contributed by atoms with Gasteiger partial charge in [-0.1, -0.05) is 25.5 Å². The van der Waals surface area contributed by atoms with E-state index in [0.29, 0.717) is 6.54 Å². The molecule has 0 spiro atoms. The monoisotopic (exact) mass is 323 g/mol. The lowest BCUT2D eigenvalue weighted by Crippen LogP contribution is -2.56. The quantitative estimate of drug-likeness (QED) is 0.656. The van der Waals surface area contributed by atoms with Crippen molar-refractivity contribution in [3.8, 4) is 0 Å². The van der Waals surface area contributed by atoms with Crippen LogP contribution in [0, 0.1) is 11.8 Å². The zero-order valence-corrected chi connectivity index (χ0v) is 14.8. The topological polar surface area (TPSA) is 64.6 Å². The normalized spacial score (nSPS) is 28.8. The van der Waals surface area contributed by atoms with Crippen molar-refractivity contribution < 1.29 is 9.90 Å². The fourth-order valence-electron chi connectivity index (χ4n) is 3.59. The van der Waals surface area contributed by atoms with E-state index in [0.717, 1.165) is 25.4 Å². The summed E-state index contributed by atoms with van der Waals surface area (Å²) in [6.07, 6.45) is 8.56. The number of aliphatic hydroxyl groups excluding tert-OH is 1. The number of hydrogen-bond donors (Lipinski definition) is 3. The van der Waals surface area contributed by atoms with Crippen molar-refractivity contribution in [3.05, 3.63) is 12.2 Å². The summed E-state index contributed by atoms with van der Waals surface area (Å²) in [5.41, 5.74) is -0.0235. The van der Waals surface area contributed by atoms with Crippen LogP contribution in [0.2, 0.25) is 0 Å². The predicted octanol–water partition coefficient (Wildman–Crippen LogP) is 2.12. The van der Waals surface area contributed by atoms with Crippen LogP contribution in [0.15, 0.2) is 12.2 Å². The van der Waals surface area contributed by atoms with Crippen LogP contribution in [0.4, 0.5) is 4.79 Å². The van der Waals surface area contributed by atoms with Gasteiger partial charge in [-0.15, -0.1) is 0 Å². The standard InChI is InChI=1S/C18H33N3O2/c1-4-14-6-5-9-21(11-14)18(2,3)13-19-17(23)20-16-8-7-15(10-16)12-22/h7-8,14-16,22H,4-6,9-13H2,1-3H3,(H2,19,20,23)/t14?,15-,16+/m0/s1. The van der Waals surface area contributed by atoms with Crippen LogP contribution >= 0.6 is 0 Å². The summed E-state index contributed by atoms with van der Waals surface area (Å²) in [5.74, 6) is 0.965. The first-order valence-electron chi connectivity index (χ1n) is 9.03. The number of nitrogens with one attached hydrogen (secondary N) is 2. The second-order valence-corrected chi connectivity index (χ2v) is 7.67. The molecular formula is C18H33N3O2. The van der Waals surface area contributed by atoms with Gasteiger partial charge in [0.1, 0.15) is 0 Å².